The zero-order chi connectivity index (χ0) is 46.9. The Morgan fingerprint density at radius 2 is 1.77 bits per heavy atom. The smallest absolute Gasteiger partial charge is 0.312 e. The predicted octanol–water partition coefficient (Wildman–Crippen LogP) is 4.36. The van der Waals surface area contributed by atoms with Crippen LogP contribution in [0.2, 0.25) is 0 Å². The van der Waals surface area contributed by atoms with Crippen LogP contribution >= 0.6 is 0 Å². The van der Waals surface area contributed by atoms with Gasteiger partial charge in [0.15, 0.2) is 5.75 Å². The van der Waals surface area contributed by atoms with Crippen LogP contribution in [0, 0.1) is 47.8 Å². The third-order valence-corrected chi connectivity index (χ3v) is 15.9. The van der Waals surface area contributed by atoms with E-state index >= 15 is 0 Å². The van der Waals surface area contributed by atoms with Gasteiger partial charge in [-0.05, 0) is 31.8 Å². The number of amides is 1. The van der Waals surface area contributed by atoms with Crippen molar-refractivity contribution in [2.24, 2.45) is 50.9 Å². The van der Waals surface area contributed by atoms with Crippen molar-refractivity contribution in [3.05, 3.63) is 58.0 Å². The molecule has 5 unspecified atom stereocenters. The number of fused-ring (bicyclic) bond motifs is 3. The highest BCUT2D eigenvalue weighted by molar-refractivity contribution is 6.21. The Morgan fingerprint density at radius 3 is 2.46 bits per heavy atom. The van der Waals surface area contributed by atoms with Crippen molar-refractivity contribution < 1.29 is 53.4 Å². The van der Waals surface area contributed by atoms with Crippen LogP contribution in [-0.4, -0.2) is 101 Å². The number of rotatable bonds is 3. The molecule has 8 aliphatic heterocycles. The summed E-state index contributed by atoms with van der Waals surface area (Å²) in [5.41, 5.74) is -2.51. The molecule has 8 aliphatic rings. The molecule has 0 saturated carbocycles. The molecule has 13 atom stereocenters. The van der Waals surface area contributed by atoms with E-state index in [1.807, 2.05) is 33.8 Å². The Kier molecular flexibility index (Phi) is 10.9. The predicted molar refractivity (Wildman–Crippen MR) is 239 cm³/mol. The minimum Gasteiger partial charge on any atom is -0.507 e. The number of ketones is 1. The van der Waals surface area contributed by atoms with E-state index in [1.54, 1.807) is 39.2 Å². The van der Waals surface area contributed by atoms with Crippen LogP contribution in [0.25, 0.3) is 10.8 Å². The number of allylic oxidation sites excluding steroid dienone is 2. The van der Waals surface area contributed by atoms with Gasteiger partial charge in [-0.1, -0.05) is 59.8 Å². The fourth-order valence-electron chi connectivity index (χ4n) is 12.6. The average molecular weight is 898 g/mol. The van der Waals surface area contributed by atoms with Gasteiger partial charge in [0, 0.05) is 98.0 Å². The van der Waals surface area contributed by atoms with Crippen LogP contribution in [0.3, 0.4) is 0 Å². The first-order valence-corrected chi connectivity index (χ1v) is 22.9. The van der Waals surface area contributed by atoms with E-state index in [-0.39, 0.29) is 92.1 Å². The second-order valence-electron chi connectivity index (χ2n) is 20.6. The molecule has 0 radical (unpaired) electrons. The SMILES string of the molecule is CO[C@H]1/C=C/O[C@@]2(C)Oc3c(C)c(O)c4c(O)c5c6c(c4c3C2=O)NC2(CC3CO[C@@]4(NCC(C(C(C)C)[C@@H](C(C2)N3)[C@H](OC(C)=O)C1(C)C)[C@H](O)[C@@H]4C)[C@@H](C)/C=C/C=C(\C)C(=O)N=5)N=6. The highest BCUT2D eigenvalue weighted by Gasteiger charge is 2.60. The van der Waals surface area contributed by atoms with E-state index in [1.165, 1.54) is 20.1 Å². The van der Waals surface area contributed by atoms with E-state index in [4.69, 9.17) is 28.7 Å². The van der Waals surface area contributed by atoms with Gasteiger partial charge in [-0.3, -0.25) is 24.7 Å². The molecule has 8 heterocycles. The van der Waals surface area contributed by atoms with E-state index in [9.17, 15) is 29.7 Å². The zero-order valence-electron chi connectivity index (χ0n) is 39.1. The van der Waals surface area contributed by atoms with Crippen molar-refractivity contribution in [3.63, 3.8) is 0 Å². The van der Waals surface area contributed by atoms with Gasteiger partial charge >= 0.3 is 11.8 Å². The van der Waals surface area contributed by atoms with Crippen LogP contribution in [0.1, 0.15) is 91.1 Å². The molecule has 16 heteroatoms. The average Bonchev–Trinajstić information content (AvgIpc) is 3.72. The van der Waals surface area contributed by atoms with Crippen LogP contribution in [0.15, 0.2) is 46.1 Å². The number of carbonyl (C=O) groups excluding carboxylic acids is 3. The van der Waals surface area contributed by atoms with Gasteiger partial charge < -0.3 is 49.6 Å². The number of Topliss-reactive ketones (excluding diaryl/α,β-unsaturated/α-hetero) is 1. The van der Waals surface area contributed by atoms with E-state index in [2.05, 4.69) is 34.8 Å². The first kappa shape index (κ1) is 45.3. The number of aliphatic hydroxyl groups excluding tert-OH is 1. The number of phenolic OH excluding ortho intramolecular Hbond substituents is 2. The number of anilines is 1. The largest absolute Gasteiger partial charge is 0.507 e. The molecule has 16 nitrogen and oxygen atoms in total. The van der Waals surface area contributed by atoms with E-state index in [0.29, 0.717) is 13.0 Å². The standard InChI is InChI=1S/C49H63N5O11/c1-21(2)31-28-19-50-49(25(6)40(28)57)23(4)14-12-13-22(3)45(60)52-38-37-36-33-34(41(38)58)39(56)24(5)42-35(33)43(59)47(10,65-42)62-16-15-30(61-11)46(8,9)44(64-26(7)55)32(31)29-18-48(53-36,54-37)17-27(51-29)20-63-49/h12-16,21,23,25,27-32,40,44,50-51,53,56-58H,17-20H2,1-11H3/b14-12+,16-15+,22-13+,52-38?/t23-,25-,27?,28?,29?,30-,31?,32+,40+,44-,47-,48?,49-/m0/s1. The topological polar surface area (TPSA) is 219 Å². The monoisotopic (exact) mass is 897 g/mol. The van der Waals surface area contributed by atoms with Gasteiger partial charge in [0.2, 0.25) is 0 Å². The molecule has 65 heavy (non-hydrogen) atoms. The maximum Gasteiger partial charge on any atom is 0.312 e. The number of benzene rings is 2. The van der Waals surface area contributed by atoms with Gasteiger partial charge in [-0.15, -0.1) is 0 Å². The summed E-state index contributed by atoms with van der Waals surface area (Å²) in [4.78, 5) is 52.6. The third kappa shape index (κ3) is 6.75. The van der Waals surface area contributed by atoms with Crippen molar-refractivity contribution in [1.29, 1.82) is 0 Å². The third-order valence-electron chi connectivity index (χ3n) is 15.9. The molecule has 6 N–H and O–H groups in total. The number of piperidine rings is 2. The van der Waals surface area contributed by atoms with Crippen molar-refractivity contribution >= 4 is 34.1 Å². The summed E-state index contributed by atoms with van der Waals surface area (Å²) in [7, 11) is 1.56. The molecule has 0 aromatic heterocycles. The van der Waals surface area contributed by atoms with Crippen LogP contribution in [0.4, 0.5) is 5.69 Å². The molecule has 2 spiro atoms. The van der Waals surface area contributed by atoms with Gasteiger partial charge in [0.1, 0.15) is 39.7 Å². The number of aromatic hydroxyl groups is 2. The lowest BCUT2D eigenvalue weighted by molar-refractivity contribution is -0.201. The molecule has 350 valence electrons. The van der Waals surface area contributed by atoms with Crippen molar-refractivity contribution in [2.45, 2.75) is 130 Å². The Bertz CT molecular complexity index is 2610. The molecule has 1 amide bonds. The Labute approximate surface area is 378 Å². The number of hydrogen-bond donors (Lipinski definition) is 6. The second-order valence-corrected chi connectivity index (χ2v) is 20.6. The number of methoxy groups -OCH3 is 1. The highest BCUT2D eigenvalue weighted by atomic mass is 16.7. The van der Waals surface area contributed by atoms with Gasteiger partial charge in [-0.25, -0.2) is 4.99 Å². The fourth-order valence-corrected chi connectivity index (χ4v) is 12.6. The Balaban J connectivity index is 1.43. The van der Waals surface area contributed by atoms with Crippen molar-refractivity contribution in [1.82, 2.24) is 10.6 Å². The Hall–Kier alpha value is -4.87. The lowest BCUT2D eigenvalue weighted by atomic mass is 9.58. The maximum absolute atomic E-state index is 14.9. The second kappa shape index (κ2) is 15.6. The summed E-state index contributed by atoms with van der Waals surface area (Å²) >= 11 is 0. The molecular weight excluding hydrogens is 835 g/mol. The van der Waals surface area contributed by atoms with Crippen LogP contribution in [-0.2, 0) is 28.5 Å². The summed E-state index contributed by atoms with van der Waals surface area (Å²) in [6.45, 7) is 18.9. The quantitative estimate of drug-likeness (QED) is 0.187. The van der Waals surface area contributed by atoms with Gasteiger partial charge in [0.25, 0.3) is 11.7 Å². The van der Waals surface area contributed by atoms with E-state index < -0.39 is 88.2 Å². The summed E-state index contributed by atoms with van der Waals surface area (Å²) in [6.07, 6.45) is 6.48. The normalized spacial score (nSPS) is 39.9. The minimum absolute atomic E-state index is 0.0590. The fraction of sp³-hybridized carbons (Fsp3) is 0.612. The molecule has 0 aliphatic carbocycles. The van der Waals surface area contributed by atoms with Crippen molar-refractivity contribution in [2.75, 3.05) is 25.6 Å². The number of aliphatic hydroxyl groups is 1. The van der Waals surface area contributed by atoms with Gasteiger partial charge in [0.05, 0.1) is 41.7 Å². The summed E-state index contributed by atoms with van der Waals surface area (Å²) < 4.78 is 32.7. The first-order valence-electron chi connectivity index (χ1n) is 22.9. The molecule has 2 aromatic carbocycles. The number of esters is 1. The Morgan fingerprint density at radius 1 is 1.03 bits per heavy atom. The molecule has 9 bridgehead atoms. The molecular formula is C49H63N5O11. The number of nitrogens with one attached hydrogen (secondary N) is 3. The van der Waals surface area contributed by atoms with Crippen LogP contribution < -0.4 is 31.4 Å². The number of nitrogens with zero attached hydrogens (tertiary/aromatic N) is 2. The zero-order valence-corrected chi connectivity index (χ0v) is 39.1. The maximum atomic E-state index is 14.9. The number of phenols is 2. The number of carbonyl (C=O) groups is 3. The molecule has 10 rings (SSSR count). The summed E-state index contributed by atoms with van der Waals surface area (Å²) in [6, 6.07) is -0.929. The molecule has 4 fully saturated rings. The van der Waals surface area contributed by atoms with Gasteiger partial charge in [-0.2, -0.15) is 0 Å². The first-order chi connectivity index (χ1) is 30.6. The van der Waals surface area contributed by atoms with E-state index in [0.717, 1.165) is 0 Å². The summed E-state index contributed by atoms with van der Waals surface area (Å²) in [5, 5.41) is 48.7. The van der Waals surface area contributed by atoms with Crippen molar-refractivity contribution in [3.8, 4) is 17.2 Å². The summed E-state index contributed by atoms with van der Waals surface area (Å²) in [5.74, 6) is -6.51. The lowest BCUT2D eigenvalue weighted by Gasteiger charge is -2.55. The number of ether oxygens (including phenoxy) is 5. The molecule has 4 saturated heterocycles. The van der Waals surface area contributed by atoms with Crippen LogP contribution in [0.5, 0.6) is 17.2 Å². The highest BCUT2D eigenvalue weighted by Crippen LogP contribution is 2.54. The lowest BCUT2D eigenvalue weighted by Crippen LogP contribution is -2.68. The minimum atomic E-state index is -1.94. The molecule has 2 aromatic rings. The number of hydrogen-bond acceptors (Lipinski definition) is 15.